The second kappa shape index (κ2) is 11.9. The number of para-hydroxylation sites is 1. The van der Waals surface area contributed by atoms with Gasteiger partial charge in [0.25, 0.3) is 0 Å². The molecule has 4 nitrogen and oxygen atoms in total. The van der Waals surface area contributed by atoms with Crippen molar-refractivity contribution in [2.75, 3.05) is 26.7 Å². The fourth-order valence-electron chi connectivity index (χ4n) is 5.30. The molecule has 188 valence electrons. The Labute approximate surface area is 219 Å². The Morgan fingerprint density at radius 2 is 1.64 bits per heavy atom. The summed E-state index contributed by atoms with van der Waals surface area (Å²) in [6, 6.07) is 24.2. The molecule has 36 heavy (non-hydrogen) atoms. The van der Waals surface area contributed by atoms with Crippen molar-refractivity contribution < 1.29 is 9.47 Å². The SMILES string of the molecule is CN1CCC(CCCC2C(COc3ccc(Cl)cc3)=Nc3c(OCc4ccccc4)cccc32)CC1. The van der Waals surface area contributed by atoms with E-state index in [-0.39, 0.29) is 5.92 Å². The van der Waals surface area contributed by atoms with Crippen molar-refractivity contribution in [3.8, 4) is 11.5 Å². The minimum Gasteiger partial charge on any atom is -0.488 e. The number of halogens is 1. The van der Waals surface area contributed by atoms with Crippen LogP contribution in [-0.2, 0) is 6.61 Å². The van der Waals surface area contributed by atoms with Gasteiger partial charge in [-0.25, -0.2) is 4.99 Å². The Morgan fingerprint density at radius 3 is 2.42 bits per heavy atom. The van der Waals surface area contributed by atoms with E-state index < -0.39 is 0 Å². The molecule has 0 aliphatic carbocycles. The molecule has 2 aliphatic rings. The van der Waals surface area contributed by atoms with Gasteiger partial charge < -0.3 is 14.4 Å². The van der Waals surface area contributed by atoms with Crippen LogP contribution in [0.1, 0.15) is 49.1 Å². The lowest BCUT2D eigenvalue weighted by Crippen LogP contribution is -2.30. The third kappa shape index (κ3) is 6.29. The fourth-order valence-corrected chi connectivity index (χ4v) is 5.42. The summed E-state index contributed by atoms with van der Waals surface area (Å²) in [5.41, 5.74) is 4.46. The molecule has 0 amide bonds. The van der Waals surface area contributed by atoms with Crippen molar-refractivity contribution in [2.24, 2.45) is 10.9 Å². The van der Waals surface area contributed by atoms with E-state index in [4.69, 9.17) is 26.1 Å². The van der Waals surface area contributed by atoms with Gasteiger partial charge in [-0.3, -0.25) is 0 Å². The number of piperidine rings is 1. The first-order chi connectivity index (χ1) is 17.7. The van der Waals surface area contributed by atoms with E-state index in [1.807, 2.05) is 48.5 Å². The van der Waals surface area contributed by atoms with Gasteiger partial charge in [0, 0.05) is 10.9 Å². The van der Waals surface area contributed by atoms with Crippen LogP contribution in [0.4, 0.5) is 5.69 Å². The third-order valence-corrected chi connectivity index (χ3v) is 7.70. The first-order valence-electron chi connectivity index (χ1n) is 13.1. The first kappa shape index (κ1) is 24.9. The van der Waals surface area contributed by atoms with Crippen LogP contribution in [0.5, 0.6) is 11.5 Å². The minimum atomic E-state index is 0.263. The number of nitrogens with zero attached hydrogens (tertiary/aromatic N) is 2. The molecule has 5 heteroatoms. The number of likely N-dealkylation sites (tertiary alicyclic amines) is 1. The van der Waals surface area contributed by atoms with E-state index >= 15 is 0 Å². The molecule has 2 aliphatic heterocycles. The number of hydrogen-bond acceptors (Lipinski definition) is 4. The molecule has 3 aromatic rings. The summed E-state index contributed by atoms with van der Waals surface area (Å²) in [5, 5.41) is 0.708. The lowest BCUT2D eigenvalue weighted by molar-refractivity contribution is 0.209. The summed E-state index contributed by atoms with van der Waals surface area (Å²) in [6.45, 7) is 3.44. The second-order valence-corrected chi connectivity index (χ2v) is 10.5. The van der Waals surface area contributed by atoms with Gasteiger partial charge in [0.15, 0.2) is 0 Å². The number of benzene rings is 3. The highest BCUT2D eigenvalue weighted by molar-refractivity contribution is 6.30. The lowest BCUT2D eigenvalue weighted by Gasteiger charge is -2.29. The molecule has 0 aromatic heterocycles. The summed E-state index contributed by atoms with van der Waals surface area (Å²) in [7, 11) is 2.23. The molecule has 1 unspecified atom stereocenters. The molecule has 0 N–H and O–H groups in total. The molecule has 0 saturated carbocycles. The van der Waals surface area contributed by atoms with Crippen LogP contribution in [0.15, 0.2) is 77.8 Å². The van der Waals surface area contributed by atoms with Crippen LogP contribution in [0.25, 0.3) is 0 Å². The van der Waals surface area contributed by atoms with Crippen molar-refractivity contribution in [1.29, 1.82) is 0 Å². The van der Waals surface area contributed by atoms with Crippen molar-refractivity contribution in [1.82, 2.24) is 4.90 Å². The maximum absolute atomic E-state index is 6.25. The number of fused-ring (bicyclic) bond motifs is 1. The first-order valence-corrected chi connectivity index (χ1v) is 13.5. The van der Waals surface area contributed by atoms with Crippen molar-refractivity contribution >= 4 is 23.0 Å². The Morgan fingerprint density at radius 1 is 0.861 bits per heavy atom. The van der Waals surface area contributed by atoms with Crippen molar-refractivity contribution in [3.63, 3.8) is 0 Å². The van der Waals surface area contributed by atoms with Gasteiger partial charge in [0.1, 0.15) is 30.4 Å². The maximum Gasteiger partial charge on any atom is 0.145 e. The summed E-state index contributed by atoms with van der Waals surface area (Å²) >= 11 is 6.05. The van der Waals surface area contributed by atoms with E-state index in [0.29, 0.717) is 18.2 Å². The topological polar surface area (TPSA) is 34.1 Å². The van der Waals surface area contributed by atoms with Crippen molar-refractivity contribution in [2.45, 2.75) is 44.6 Å². The van der Waals surface area contributed by atoms with E-state index in [0.717, 1.165) is 40.8 Å². The fraction of sp³-hybridized carbons (Fsp3) is 0.387. The molecular formula is C31H35ClN2O2. The Hall–Kier alpha value is -2.82. The predicted octanol–water partition coefficient (Wildman–Crippen LogP) is 7.68. The molecular weight excluding hydrogens is 468 g/mol. The van der Waals surface area contributed by atoms with Crippen LogP contribution in [0.2, 0.25) is 5.02 Å². The zero-order valence-corrected chi connectivity index (χ0v) is 21.8. The average Bonchev–Trinajstić information content (AvgIpc) is 3.27. The van der Waals surface area contributed by atoms with E-state index in [9.17, 15) is 0 Å². The smallest absolute Gasteiger partial charge is 0.145 e. The largest absolute Gasteiger partial charge is 0.488 e. The Kier molecular flexibility index (Phi) is 8.25. The van der Waals surface area contributed by atoms with Gasteiger partial charge in [-0.2, -0.15) is 0 Å². The quantitative estimate of drug-likeness (QED) is 0.285. The minimum absolute atomic E-state index is 0.263. The standard InChI is InChI=1S/C31H35ClN2O2/c1-34-19-17-23(18-20-34)9-5-10-27-28-11-6-12-30(36-21-24-7-3-2-4-8-24)31(28)33-29(27)22-35-26-15-13-25(32)14-16-26/h2-4,6-8,11-16,23,27H,5,9-10,17-22H2,1H3. The number of hydrogen-bond donors (Lipinski definition) is 0. The molecule has 1 saturated heterocycles. The maximum atomic E-state index is 6.25. The highest BCUT2D eigenvalue weighted by Gasteiger charge is 2.30. The monoisotopic (exact) mass is 502 g/mol. The van der Waals surface area contributed by atoms with Crippen LogP contribution in [0, 0.1) is 5.92 Å². The summed E-state index contributed by atoms with van der Waals surface area (Å²) in [4.78, 5) is 7.53. The van der Waals surface area contributed by atoms with E-state index in [2.05, 4.69) is 36.2 Å². The Bertz CT molecular complexity index is 1150. The lowest BCUT2D eigenvalue weighted by atomic mass is 9.86. The number of rotatable bonds is 10. The van der Waals surface area contributed by atoms with Crippen LogP contribution in [-0.4, -0.2) is 37.4 Å². The molecule has 1 atom stereocenters. The average molecular weight is 503 g/mol. The van der Waals surface area contributed by atoms with Gasteiger partial charge in [-0.1, -0.05) is 66.9 Å². The molecule has 3 aromatic carbocycles. The van der Waals surface area contributed by atoms with Crippen molar-refractivity contribution in [3.05, 3.63) is 88.9 Å². The van der Waals surface area contributed by atoms with Crippen LogP contribution < -0.4 is 9.47 Å². The van der Waals surface area contributed by atoms with E-state index in [1.165, 1.54) is 44.3 Å². The third-order valence-electron chi connectivity index (χ3n) is 7.44. The molecule has 0 radical (unpaired) electrons. The van der Waals surface area contributed by atoms with Crippen LogP contribution >= 0.6 is 11.6 Å². The molecule has 0 bridgehead atoms. The summed E-state index contributed by atoms with van der Waals surface area (Å²) < 4.78 is 12.4. The predicted molar refractivity (Wildman–Crippen MR) is 148 cm³/mol. The number of aliphatic imine (C=N–C) groups is 1. The van der Waals surface area contributed by atoms with Gasteiger partial charge in [0.05, 0.1) is 5.71 Å². The number of ether oxygens (including phenoxy) is 2. The zero-order valence-electron chi connectivity index (χ0n) is 21.0. The van der Waals surface area contributed by atoms with Gasteiger partial charge >= 0.3 is 0 Å². The zero-order chi connectivity index (χ0) is 24.7. The summed E-state index contributed by atoms with van der Waals surface area (Å²) in [6.07, 6.45) is 6.21. The highest BCUT2D eigenvalue weighted by atomic mass is 35.5. The second-order valence-electron chi connectivity index (χ2n) is 10.0. The highest BCUT2D eigenvalue weighted by Crippen LogP contribution is 2.44. The van der Waals surface area contributed by atoms with E-state index in [1.54, 1.807) is 0 Å². The van der Waals surface area contributed by atoms with Crippen LogP contribution in [0.3, 0.4) is 0 Å². The molecule has 5 rings (SSSR count). The van der Waals surface area contributed by atoms with Gasteiger partial charge in [-0.15, -0.1) is 0 Å². The normalized spacial score (nSPS) is 18.1. The molecule has 1 fully saturated rings. The van der Waals surface area contributed by atoms with Gasteiger partial charge in [0.2, 0.25) is 0 Å². The Balaban J connectivity index is 1.30. The molecule has 0 spiro atoms. The molecule has 2 heterocycles. The summed E-state index contributed by atoms with van der Waals surface area (Å²) in [5.74, 6) is 2.76. The van der Waals surface area contributed by atoms with Gasteiger partial charge in [-0.05, 0) is 86.8 Å².